The molecule has 0 radical (unpaired) electrons. The predicted octanol–water partition coefficient (Wildman–Crippen LogP) is 3.37. The highest BCUT2D eigenvalue weighted by Gasteiger charge is 2.16. The third-order valence-corrected chi connectivity index (χ3v) is 4.64. The first-order valence-electron chi connectivity index (χ1n) is 6.65. The largest absolute Gasteiger partial charge is 0.325 e. The van der Waals surface area contributed by atoms with Crippen LogP contribution in [0.5, 0.6) is 0 Å². The minimum absolute atomic E-state index is 0.0601. The maximum atomic E-state index is 11.8. The second kappa shape index (κ2) is 7.20. The minimum atomic E-state index is 0.0601. The van der Waals surface area contributed by atoms with Gasteiger partial charge in [0.2, 0.25) is 5.91 Å². The molecule has 0 heterocycles. The van der Waals surface area contributed by atoms with Gasteiger partial charge in [0.05, 0.1) is 18.2 Å². The van der Waals surface area contributed by atoms with Gasteiger partial charge in [0.1, 0.15) is 0 Å². The number of nitrogens with zero attached hydrogens (tertiary/aromatic N) is 1. The molecular weight excluding hydrogens is 256 g/mol. The zero-order chi connectivity index (χ0) is 13.5. The Hall–Kier alpha value is -1.47. The van der Waals surface area contributed by atoms with Crippen molar-refractivity contribution < 1.29 is 4.79 Å². The third kappa shape index (κ3) is 4.60. The lowest BCUT2D eigenvalue weighted by Gasteiger charge is -2.09. The molecule has 1 aliphatic rings. The second-order valence-electron chi connectivity index (χ2n) is 4.80. The number of hydrogen-bond donors (Lipinski definition) is 1. The van der Waals surface area contributed by atoms with Crippen molar-refractivity contribution in [1.82, 2.24) is 0 Å². The van der Waals surface area contributed by atoms with Crippen LogP contribution in [0.25, 0.3) is 0 Å². The Labute approximate surface area is 118 Å². The van der Waals surface area contributed by atoms with Gasteiger partial charge in [-0.05, 0) is 30.5 Å². The number of rotatable bonds is 5. The lowest BCUT2D eigenvalue weighted by molar-refractivity contribution is -0.113. The van der Waals surface area contributed by atoms with Crippen molar-refractivity contribution >= 4 is 23.4 Å². The standard InChI is InChI=1S/C15H18N2OS/c16-10-9-12-5-7-13(8-6-12)17-15(18)11-19-14-3-1-2-4-14/h5-8,14H,1-4,9,11H2,(H,17,18). The van der Waals surface area contributed by atoms with E-state index in [1.165, 1.54) is 25.7 Å². The molecular formula is C15H18N2OS. The summed E-state index contributed by atoms with van der Waals surface area (Å²) in [6.07, 6.45) is 5.52. The fraction of sp³-hybridized carbons (Fsp3) is 0.467. The van der Waals surface area contributed by atoms with Gasteiger partial charge >= 0.3 is 0 Å². The van der Waals surface area contributed by atoms with Crippen LogP contribution in [0.3, 0.4) is 0 Å². The van der Waals surface area contributed by atoms with Gasteiger partial charge in [0, 0.05) is 10.9 Å². The zero-order valence-electron chi connectivity index (χ0n) is 10.9. The Balaban J connectivity index is 1.76. The summed E-state index contributed by atoms with van der Waals surface area (Å²) in [6.45, 7) is 0. The first kappa shape index (κ1) is 14.0. The molecule has 1 aromatic carbocycles. The summed E-state index contributed by atoms with van der Waals surface area (Å²) >= 11 is 1.77. The second-order valence-corrected chi connectivity index (χ2v) is 6.09. The van der Waals surface area contributed by atoms with Crippen LogP contribution in [0.2, 0.25) is 0 Å². The number of carbonyl (C=O) groups is 1. The van der Waals surface area contributed by atoms with Gasteiger partial charge in [0.15, 0.2) is 0 Å². The summed E-state index contributed by atoms with van der Waals surface area (Å²) in [4.78, 5) is 11.8. The van der Waals surface area contributed by atoms with Crippen molar-refractivity contribution in [3.8, 4) is 6.07 Å². The SMILES string of the molecule is N#CCc1ccc(NC(=O)CSC2CCCC2)cc1. The van der Waals surface area contributed by atoms with Crippen molar-refractivity contribution in [2.45, 2.75) is 37.4 Å². The number of amides is 1. The quantitative estimate of drug-likeness (QED) is 0.895. The molecule has 0 unspecified atom stereocenters. The lowest BCUT2D eigenvalue weighted by Crippen LogP contribution is -2.15. The van der Waals surface area contributed by atoms with E-state index in [4.69, 9.17) is 5.26 Å². The van der Waals surface area contributed by atoms with Gasteiger partial charge in [-0.15, -0.1) is 11.8 Å². The maximum Gasteiger partial charge on any atom is 0.234 e. The first-order chi connectivity index (χ1) is 9.28. The third-order valence-electron chi connectivity index (χ3n) is 3.27. The molecule has 1 amide bonds. The Kier molecular flexibility index (Phi) is 5.29. The van der Waals surface area contributed by atoms with Crippen LogP contribution in [0, 0.1) is 11.3 Å². The van der Waals surface area contributed by atoms with Gasteiger partial charge in [-0.3, -0.25) is 4.79 Å². The summed E-state index contributed by atoms with van der Waals surface area (Å²) in [5.41, 5.74) is 1.78. The molecule has 0 saturated heterocycles. The van der Waals surface area contributed by atoms with Gasteiger partial charge in [-0.1, -0.05) is 25.0 Å². The summed E-state index contributed by atoms with van der Waals surface area (Å²) in [5.74, 6) is 0.592. The lowest BCUT2D eigenvalue weighted by atomic mass is 10.1. The van der Waals surface area contributed by atoms with Crippen molar-refractivity contribution in [3.05, 3.63) is 29.8 Å². The highest BCUT2D eigenvalue weighted by atomic mass is 32.2. The highest BCUT2D eigenvalue weighted by molar-refractivity contribution is 8.00. The van der Waals surface area contributed by atoms with Crippen molar-refractivity contribution in [2.75, 3.05) is 11.1 Å². The van der Waals surface area contributed by atoms with E-state index in [0.29, 0.717) is 17.4 Å². The van der Waals surface area contributed by atoms with Crippen LogP contribution >= 0.6 is 11.8 Å². The minimum Gasteiger partial charge on any atom is -0.325 e. The molecule has 1 saturated carbocycles. The fourth-order valence-corrected chi connectivity index (χ4v) is 3.37. The smallest absolute Gasteiger partial charge is 0.234 e. The number of carbonyl (C=O) groups excluding carboxylic acids is 1. The molecule has 1 aliphatic carbocycles. The van der Waals surface area contributed by atoms with Crippen molar-refractivity contribution in [2.24, 2.45) is 0 Å². The van der Waals surface area contributed by atoms with E-state index >= 15 is 0 Å². The van der Waals surface area contributed by atoms with Gasteiger partial charge < -0.3 is 5.32 Å². The molecule has 1 N–H and O–H groups in total. The van der Waals surface area contributed by atoms with E-state index in [9.17, 15) is 4.79 Å². The van der Waals surface area contributed by atoms with Crippen molar-refractivity contribution in [3.63, 3.8) is 0 Å². The number of anilines is 1. The number of hydrogen-bond acceptors (Lipinski definition) is 3. The summed E-state index contributed by atoms with van der Waals surface area (Å²) in [5, 5.41) is 12.1. The topological polar surface area (TPSA) is 52.9 Å². The van der Waals surface area contributed by atoms with Crippen LogP contribution in [-0.2, 0) is 11.2 Å². The molecule has 100 valence electrons. The monoisotopic (exact) mass is 274 g/mol. The van der Waals surface area contributed by atoms with E-state index in [-0.39, 0.29) is 5.91 Å². The first-order valence-corrected chi connectivity index (χ1v) is 7.70. The molecule has 1 aromatic rings. The normalized spacial score (nSPS) is 15.1. The molecule has 19 heavy (non-hydrogen) atoms. The van der Waals surface area contributed by atoms with Gasteiger partial charge in [-0.2, -0.15) is 5.26 Å². The Morgan fingerprint density at radius 3 is 2.63 bits per heavy atom. The molecule has 0 aliphatic heterocycles. The van der Waals surface area contributed by atoms with Crippen LogP contribution in [0.1, 0.15) is 31.2 Å². The molecule has 3 nitrogen and oxygen atoms in total. The molecule has 2 rings (SSSR count). The van der Waals surface area contributed by atoms with E-state index < -0.39 is 0 Å². The number of benzene rings is 1. The van der Waals surface area contributed by atoms with Gasteiger partial charge in [0.25, 0.3) is 0 Å². The average Bonchev–Trinajstić information content (AvgIpc) is 2.92. The number of nitriles is 1. The number of thioether (sulfide) groups is 1. The Bertz CT molecular complexity index is 458. The fourth-order valence-electron chi connectivity index (χ4n) is 2.24. The van der Waals surface area contributed by atoms with Crippen LogP contribution in [0.15, 0.2) is 24.3 Å². The average molecular weight is 274 g/mol. The Morgan fingerprint density at radius 1 is 1.32 bits per heavy atom. The maximum absolute atomic E-state index is 11.8. The molecule has 4 heteroatoms. The van der Waals surface area contributed by atoms with Crippen LogP contribution in [-0.4, -0.2) is 16.9 Å². The van der Waals surface area contributed by atoms with E-state index in [0.717, 1.165) is 11.3 Å². The number of nitrogens with one attached hydrogen (secondary N) is 1. The molecule has 1 fully saturated rings. The highest BCUT2D eigenvalue weighted by Crippen LogP contribution is 2.29. The molecule has 0 aromatic heterocycles. The van der Waals surface area contributed by atoms with Crippen LogP contribution in [0.4, 0.5) is 5.69 Å². The molecule has 0 atom stereocenters. The van der Waals surface area contributed by atoms with E-state index in [1.807, 2.05) is 24.3 Å². The van der Waals surface area contributed by atoms with Gasteiger partial charge in [-0.25, -0.2) is 0 Å². The summed E-state index contributed by atoms with van der Waals surface area (Å²) < 4.78 is 0. The molecule has 0 bridgehead atoms. The summed E-state index contributed by atoms with van der Waals surface area (Å²) in [7, 11) is 0. The van der Waals surface area contributed by atoms with E-state index in [1.54, 1.807) is 11.8 Å². The Morgan fingerprint density at radius 2 is 2.00 bits per heavy atom. The van der Waals surface area contributed by atoms with Crippen LogP contribution < -0.4 is 5.32 Å². The molecule has 0 spiro atoms. The predicted molar refractivity (Wildman–Crippen MR) is 79.1 cm³/mol. The van der Waals surface area contributed by atoms with E-state index in [2.05, 4.69) is 11.4 Å². The summed E-state index contributed by atoms with van der Waals surface area (Å²) in [6, 6.07) is 9.56. The zero-order valence-corrected chi connectivity index (χ0v) is 11.7. The van der Waals surface area contributed by atoms with Crippen molar-refractivity contribution in [1.29, 1.82) is 5.26 Å².